The highest BCUT2D eigenvalue weighted by atomic mass is 127. The number of nitro benzene ring substituents is 1. The molecular weight excluding hydrogens is 473 g/mol. The standard InChI is InChI=1S/C16H16IN3O5S/c1-11-8-12(17)6-7-15(11)18-16(21)10-19(26(2,24)25)13-4-3-5-14(9-13)20(22)23/h3-9H,10H2,1-2H3,(H,18,21). The Morgan fingerprint density at radius 1 is 1.27 bits per heavy atom. The Bertz CT molecular complexity index is 962. The van der Waals surface area contributed by atoms with Crippen LogP contribution in [-0.4, -0.2) is 32.0 Å². The average molecular weight is 489 g/mol. The quantitative estimate of drug-likeness (QED) is 0.381. The topological polar surface area (TPSA) is 110 Å². The largest absolute Gasteiger partial charge is 0.324 e. The van der Waals surface area contributed by atoms with Crippen molar-refractivity contribution in [2.75, 3.05) is 22.4 Å². The number of aryl methyl sites for hydroxylation is 1. The number of nitrogens with one attached hydrogen (secondary N) is 1. The van der Waals surface area contributed by atoms with E-state index in [1.165, 1.54) is 18.2 Å². The third kappa shape index (κ3) is 5.14. The minimum absolute atomic E-state index is 0.0520. The van der Waals surface area contributed by atoms with Gasteiger partial charge in [0, 0.05) is 21.4 Å². The minimum Gasteiger partial charge on any atom is -0.324 e. The van der Waals surface area contributed by atoms with Crippen molar-refractivity contribution in [2.45, 2.75) is 6.92 Å². The zero-order valence-electron chi connectivity index (χ0n) is 14.0. The first-order valence-electron chi connectivity index (χ1n) is 7.36. The monoisotopic (exact) mass is 489 g/mol. The number of non-ortho nitro benzene ring substituents is 1. The zero-order valence-corrected chi connectivity index (χ0v) is 16.9. The molecule has 2 aromatic carbocycles. The van der Waals surface area contributed by atoms with E-state index >= 15 is 0 Å². The lowest BCUT2D eigenvalue weighted by molar-refractivity contribution is -0.384. The van der Waals surface area contributed by atoms with Crippen molar-refractivity contribution >= 4 is 55.6 Å². The Labute approximate surface area is 164 Å². The van der Waals surface area contributed by atoms with Crippen LogP contribution in [0.15, 0.2) is 42.5 Å². The molecule has 0 heterocycles. The van der Waals surface area contributed by atoms with Crippen LogP contribution in [0.3, 0.4) is 0 Å². The molecule has 8 nitrogen and oxygen atoms in total. The van der Waals surface area contributed by atoms with Gasteiger partial charge in [-0.1, -0.05) is 6.07 Å². The molecule has 138 valence electrons. The molecule has 0 radical (unpaired) electrons. The van der Waals surface area contributed by atoms with Crippen molar-refractivity contribution in [2.24, 2.45) is 0 Å². The van der Waals surface area contributed by atoms with Gasteiger partial charge in [-0.3, -0.25) is 19.2 Å². The maximum absolute atomic E-state index is 12.3. The van der Waals surface area contributed by atoms with Gasteiger partial charge in [-0.15, -0.1) is 0 Å². The maximum Gasteiger partial charge on any atom is 0.271 e. The number of amides is 1. The number of hydrogen-bond acceptors (Lipinski definition) is 5. The molecule has 10 heteroatoms. The Hall–Kier alpha value is -2.21. The number of carbonyl (C=O) groups is 1. The number of carbonyl (C=O) groups excluding carboxylic acids is 1. The summed E-state index contributed by atoms with van der Waals surface area (Å²) in [6.07, 6.45) is 0.940. The van der Waals surface area contributed by atoms with Gasteiger partial charge in [0.1, 0.15) is 6.54 Å². The van der Waals surface area contributed by atoms with E-state index < -0.39 is 27.4 Å². The van der Waals surface area contributed by atoms with E-state index in [4.69, 9.17) is 0 Å². The van der Waals surface area contributed by atoms with Crippen molar-refractivity contribution in [3.63, 3.8) is 0 Å². The molecular formula is C16H16IN3O5S. The summed E-state index contributed by atoms with van der Waals surface area (Å²) in [6, 6.07) is 10.6. The normalized spacial score (nSPS) is 11.0. The lowest BCUT2D eigenvalue weighted by Gasteiger charge is -2.22. The van der Waals surface area contributed by atoms with Crippen molar-refractivity contribution < 1.29 is 18.1 Å². The van der Waals surface area contributed by atoms with E-state index in [-0.39, 0.29) is 11.4 Å². The van der Waals surface area contributed by atoms with Crippen molar-refractivity contribution in [1.29, 1.82) is 0 Å². The second-order valence-corrected chi connectivity index (χ2v) is 8.71. The summed E-state index contributed by atoms with van der Waals surface area (Å²) < 4.78 is 26.0. The highest BCUT2D eigenvalue weighted by molar-refractivity contribution is 14.1. The van der Waals surface area contributed by atoms with Gasteiger partial charge in [0.2, 0.25) is 15.9 Å². The number of nitrogens with zero attached hydrogens (tertiary/aromatic N) is 2. The maximum atomic E-state index is 12.3. The van der Waals surface area contributed by atoms with E-state index in [1.54, 1.807) is 6.07 Å². The first kappa shape index (κ1) is 20.1. The van der Waals surface area contributed by atoms with E-state index in [1.807, 2.05) is 19.1 Å². The molecule has 26 heavy (non-hydrogen) atoms. The third-order valence-electron chi connectivity index (χ3n) is 3.48. The van der Waals surface area contributed by atoms with Gasteiger partial charge in [0.05, 0.1) is 16.9 Å². The lowest BCUT2D eigenvalue weighted by Crippen LogP contribution is -2.37. The van der Waals surface area contributed by atoms with Crippen molar-refractivity contribution in [3.05, 3.63) is 61.7 Å². The fourth-order valence-corrected chi connectivity index (χ4v) is 3.74. The SMILES string of the molecule is Cc1cc(I)ccc1NC(=O)CN(c1cccc([N+](=O)[O-])c1)S(C)(=O)=O. The van der Waals surface area contributed by atoms with Gasteiger partial charge >= 0.3 is 0 Å². The highest BCUT2D eigenvalue weighted by Gasteiger charge is 2.22. The summed E-state index contributed by atoms with van der Waals surface area (Å²) in [7, 11) is -3.82. The summed E-state index contributed by atoms with van der Waals surface area (Å²) >= 11 is 2.15. The molecule has 0 saturated carbocycles. The van der Waals surface area contributed by atoms with E-state index in [2.05, 4.69) is 27.9 Å². The van der Waals surface area contributed by atoms with Crippen LogP contribution in [0.1, 0.15) is 5.56 Å². The molecule has 2 aromatic rings. The number of benzene rings is 2. The van der Waals surface area contributed by atoms with Crippen LogP contribution in [0.5, 0.6) is 0 Å². The minimum atomic E-state index is -3.82. The summed E-state index contributed by atoms with van der Waals surface area (Å²) in [5.41, 5.74) is 1.20. The molecule has 0 bridgehead atoms. The summed E-state index contributed by atoms with van der Waals surface area (Å²) in [4.78, 5) is 22.6. The molecule has 0 fully saturated rings. The number of halogens is 1. The molecule has 0 unspecified atom stereocenters. The van der Waals surface area contributed by atoms with Crippen LogP contribution in [0.25, 0.3) is 0 Å². The van der Waals surface area contributed by atoms with E-state index in [0.717, 1.165) is 25.8 Å². The van der Waals surface area contributed by atoms with E-state index in [9.17, 15) is 23.3 Å². The van der Waals surface area contributed by atoms with Crippen LogP contribution in [-0.2, 0) is 14.8 Å². The summed E-state index contributed by atoms with van der Waals surface area (Å²) in [5.74, 6) is -0.550. The molecule has 0 aliphatic rings. The fourth-order valence-electron chi connectivity index (χ4n) is 2.25. The van der Waals surface area contributed by atoms with Crippen LogP contribution < -0.4 is 9.62 Å². The Morgan fingerprint density at radius 2 is 1.96 bits per heavy atom. The van der Waals surface area contributed by atoms with Gasteiger partial charge in [-0.2, -0.15) is 0 Å². The zero-order chi connectivity index (χ0) is 19.5. The van der Waals surface area contributed by atoms with Crippen LogP contribution in [0.2, 0.25) is 0 Å². The predicted octanol–water partition coefficient (Wildman–Crippen LogP) is 2.91. The number of nitro groups is 1. The highest BCUT2D eigenvalue weighted by Crippen LogP contribution is 2.23. The van der Waals surface area contributed by atoms with Gasteiger partial charge in [0.15, 0.2) is 0 Å². The van der Waals surface area contributed by atoms with Crippen LogP contribution in [0, 0.1) is 20.6 Å². The summed E-state index contributed by atoms with van der Waals surface area (Å²) in [6.45, 7) is 1.33. The molecule has 0 aliphatic heterocycles. The van der Waals surface area contributed by atoms with E-state index in [0.29, 0.717) is 5.69 Å². The van der Waals surface area contributed by atoms with Gasteiger partial charge in [0.25, 0.3) is 5.69 Å². The first-order valence-corrected chi connectivity index (χ1v) is 10.3. The lowest BCUT2D eigenvalue weighted by atomic mass is 10.2. The van der Waals surface area contributed by atoms with Crippen molar-refractivity contribution in [1.82, 2.24) is 0 Å². The fraction of sp³-hybridized carbons (Fsp3) is 0.188. The molecule has 0 atom stereocenters. The van der Waals surface area contributed by atoms with Gasteiger partial charge in [-0.05, 0) is 59.3 Å². The second-order valence-electron chi connectivity index (χ2n) is 5.55. The van der Waals surface area contributed by atoms with Crippen LogP contribution in [0.4, 0.5) is 17.1 Å². The Kier molecular flexibility index (Phi) is 6.18. The first-order chi connectivity index (χ1) is 12.1. The molecule has 0 aromatic heterocycles. The summed E-state index contributed by atoms with van der Waals surface area (Å²) in [5, 5.41) is 13.6. The number of anilines is 2. The number of sulfonamides is 1. The Morgan fingerprint density at radius 3 is 2.54 bits per heavy atom. The van der Waals surface area contributed by atoms with Gasteiger partial charge in [-0.25, -0.2) is 8.42 Å². The molecule has 0 saturated heterocycles. The second kappa shape index (κ2) is 7.99. The third-order valence-corrected chi connectivity index (χ3v) is 5.29. The van der Waals surface area contributed by atoms with Crippen molar-refractivity contribution in [3.8, 4) is 0 Å². The molecule has 1 amide bonds. The molecule has 2 rings (SSSR count). The van der Waals surface area contributed by atoms with Gasteiger partial charge < -0.3 is 5.32 Å². The molecule has 0 aliphatic carbocycles. The Balaban J connectivity index is 2.27. The smallest absolute Gasteiger partial charge is 0.271 e. The average Bonchev–Trinajstić information content (AvgIpc) is 2.54. The molecule has 0 spiro atoms. The van der Waals surface area contributed by atoms with Crippen LogP contribution >= 0.6 is 22.6 Å². The molecule has 1 N–H and O–H groups in total. The number of rotatable bonds is 6. The number of hydrogen-bond donors (Lipinski definition) is 1. The predicted molar refractivity (Wildman–Crippen MR) is 108 cm³/mol.